The normalized spacial score (nSPS) is 23.1. The van der Waals surface area contributed by atoms with Crippen LogP contribution in [0, 0.1) is 11.8 Å². The Balaban J connectivity index is 2.16. The van der Waals surface area contributed by atoms with E-state index in [9.17, 15) is 13.2 Å². The average Bonchev–Trinajstić information content (AvgIpc) is 2.33. The van der Waals surface area contributed by atoms with Gasteiger partial charge in [-0.05, 0) is 42.3 Å². The van der Waals surface area contributed by atoms with Gasteiger partial charge in [0.15, 0.2) is 0 Å². The van der Waals surface area contributed by atoms with E-state index in [1.807, 2.05) is 0 Å². The zero-order valence-electron chi connectivity index (χ0n) is 10.1. The number of benzene rings is 1. The van der Waals surface area contributed by atoms with Crippen molar-refractivity contribution < 1.29 is 17.9 Å². The lowest BCUT2D eigenvalue weighted by atomic mass is 9.89. The fraction of sp³-hybridized carbons (Fsp3) is 0.286. The van der Waals surface area contributed by atoms with Gasteiger partial charge in [-0.2, -0.15) is 13.2 Å². The molecule has 1 nitrogen and oxygen atoms in total. The summed E-state index contributed by atoms with van der Waals surface area (Å²) >= 11 is 3.28. The van der Waals surface area contributed by atoms with Crippen molar-refractivity contribution in [3.8, 4) is 5.75 Å². The maximum atomic E-state index is 12.8. The monoisotopic (exact) mass is 332 g/mol. The van der Waals surface area contributed by atoms with E-state index in [2.05, 4.69) is 15.9 Å². The summed E-state index contributed by atoms with van der Waals surface area (Å²) in [4.78, 5) is 0. The first kappa shape index (κ1) is 14.2. The Morgan fingerprint density at radius 3 is 2.37 bits per heavy atom. The summed E-state index contributed by atoms with van der Waals surface area (Å²) in [5.41, 5.74) is 0. The maximum absolute atomic E-state index is 12.8. The third kappa shape index (κ3) is 3.62. The molecule has 0 radical (unpaired) electrons. The van der Waals surface area contributed by atoms with E-state index >= 15 is 0 Å². The van der Waals surface area contributed by atoms with Crippen LogP contribution < -0.4 is 4.74 Å². The molecule has 2 atom stereocenters. The third-order valence-electron chi connectivity index (χ3n) is 2.90. The van der Waals surface area contributed by atoms with E-state index in [1.54, 1.807) is 37.3 Å². The molecule has 102 valence electrons. The molecule has 2 rings (SSSR count). The molecule has 0 aliphatic heterocycles. The van der Waals surface area contributed by atoms with Gasteiger partial charge < -0.3 is 4.74 Å². The summed E-state index contributed by atoms with van der Waals surface area (Å²) < 4.78 is 44.8. The Labute approximate surface area is 117 Å². The van der Waals surface area contributed by atoms with Gasteiger partial charge in [0.2, 0.25) is 0 Å². The molecule has 2 unspecified atom stereocenters. The smallest absolute Gasteiger partial charge is 0.395 e. The topological polar surface area (TPSA) is 9.23 Å². The van der Waals surface area contributed by atoms with Crippen LogP contribution in [0.15, 0.2) is 52.7 Å². The Hall–Kier alpha value is -1.23. The minimum Gasteiger partial charge on any atom is -0.458 e. The zero-order valence-corrected chi connectivity index (χ0v) is 11.7. The lowest BCUT2D eigenvalue weighted by molar-refractivity contribution is -0.169. The Morgan fingerprint density at radius 1 is 1.16 bits per heavy atom. The molecule has 0 fully saturated rings. The van der Waals surface area contributed by atoms with Crippen molar-refractivity contribution in [3.05, 3.63) is 52.7 Å². The van der Waals surface area contributed by atoms with Crippen LogP contribution in [0.5, 0.6) is 5.75 Å². The number of ether oxygens (including phenoxy) is 1. The van der Waals surface area contributed by atoms with Crippen molar-refractivity contribution in [2.75, 3.05) is 0 Å². The molecule has 1 aliphatic carbocycles. The van der Waals surface area contributed by atoms with Crippen LogP contribution in [-0.4, -0.2) is 6.18 Å². The van der Waals surface area contributed by atoms with E-state index < -0.39 is 18.0 Å². The minimum absolute atomic E-state index is 0.225. The fourth-order valence-corrected chi connectivity index (χ4v) is 2.11. The van der Waals surface area contributed by atoms with E-state index in [-0.39, 0.29) is 5.76 Å². The van der Waals surface area contributed by atoms with Crippen molar-refractivity contribution in [2.45, 2.75) is 13.1 Å². The molecular weight excluding hydrogens is 321 g/mol. The van der Waals surface area contributed by atoms with Crippen molar-refractivity contribution in [2.24, 2.45) is 11.8 Å². The van der Waals surface area contributed by atoms with Crippen molar-refractivity contribution >= 4 is 15.9 Å². The Bertz CT molecular complexity index is 502. The highest BCUT2D eigenvalue weighted by Gasteiger charge is 2.42. The lowest BCUT2D eigenvalue weighted by Crippen LogP contribution is -2.28. The molecule has 19 heavy (non-hydrogen) atoms. The molecule has 0 saturated heterocycles. The van der Waals surface area contributed by atoms with Gasteiger partial charge in [0.1, 0.15) is 11.5 Å². The largest absolute Gasteiger partial charge is 0.458 e. The van der Waals surface area contributed by atoms with Gasteiger partial charge in [0.05, 0.1) is 5.92 Å². The van der Waals surface area contributed by atoms with Crippen molar-refractivity contribution in [1.82, 2.24) is 0 Å². The summed E-state index contributed by atoms with van der Waals surface area (Å²) in [7, 11) is 0. The highest BCUT2D eigenvalue weighted by atomic mass is 79.9. The van der Waals surface area contributed by atoms with Crippen LogP contribution in [0.2, 0.25) is 0 Å². The van der Waals surface area contributed by atoms with Gasteiger partial charge in [-0.1, -0.05) is 28.9 Å². The Kier molecular flexibility index (Phi) is 4.04. The predicted molar refractivity (Wildman–Crippen MR) is 70.7 cm³/mol. The molecule has 0 spiro atoms. The predicted octanol–water partition coefficient (Wildman–Crippen LogP) is 5.10. The van der Waals surface area contributed by atoms with Crippen LogP contribution in [0.25, 0.3) is 0 Å². The van der Waals surface area contributed by atoms with Gasteiger partial charge >= 0.3 is 6.18 Å². The quantitative estimate of drug-likeness (QED) is 0.732. The number of alkyl halides is 3. The zero-order chi connectivity index (χ0) is 14.0. The van der Waals surface area contributed by atoms with E-state index in [0.29, 0.717) is 5.75 Å². The fourth-order valence-electron chi connectivity index (χ4n) is 1.85. The SMILES string of the molecule is CC1C=CC(Oc2ccc(Br)cc2)=CC1C(F)(F)F. The second-order valence-corrected chi connectivity index (χ2v) is 5.33. The number of halogens is 4. The molecule has 0 N–H and O–H groups in total. The van der Waals surface area contributed by atoms with Gasteiger partial charge in [0, 0.05) is 4.47 Å². The highest BCUT2D eigenvalue weighted by molar-refractivity contribution is 9.10. The van der Waals surface area contributed by atoms with Gasteiger partial charge in [-0.15, -0.1) is 0 Å². The van der Waals surface area contributed by atoms with Crippen LogP contribution in [0.3, 0.4) is 0 Å². The van der Waals surface area contributed by atoms with E-state index in [0.717, 1.165) is 10.5 Å². The molecule has 1 aliphatic rings. The van der Waals surface area contributed by atoms with Gasteiger partial charge in [-0.25, -0.2) is 0 Å². The summed E-state index contributed by atoms with van der Waals surface area (Å²) in [6, 6.07) is 6.93. The molecule has 5 heteroatoms. The van der Waals surface area contributed by atoms with Gasteiger partial charge in [0.25, 0.3) is 0 Å². The lowest BCUT2D eigenvalue weighted by Gasteiger charge is -2.25. The van der Waals surface area contributed by atoms with Crippen molar-refractivity contribution in [3.63, 3.8) is 0 Å². The van der Waals surface area contributed by atoms with Crippen LogP contribution in [0.4, 0.5) is 13.2 Å². The molecular formula is C14H12BrF3O. The number of hydrogen-bond acceptors (Lipinski definition) is 1. The van der Waals surface area contributed by atoms with E-state index in [1.165, 1.54) is 6.08 Å². The van der Waals surface area contributed by atoms with Crippen LogP contribution in [-0.2, 0) is 0 Å². The third-order valence-corrected chi connectivity index (χ3v) is 3.43. The Morgan fingerprint density at radius 2 is 1.79 bits per heavy atom. The number of rotatable bonds is 2. The first-order valence-corrected chi connectivity index (χ1v) is 6.56. The molecule has 0 bridgehead atoms. The van der Waals surface area contributed by atoms with E-state index in [4.69, 9.17) is 4.74 Å². The first-order valence-electron chi connectivity index (χ1n) is 5.76. The summed E-state index contributed by atoms with van der Waals surface area (Å²) in [6.45, 7) is 1.54. The number of allylic oxidation sites excluding steroid dienone is 3. The number of hydrogen-bond donors (Lipinski definition) is 0. The van der Waals surface area contributed by atoms with Gasteiger partial charge in [-0.3, -0.25) is 0 Å². The summed E-state index contributed by atoms with van der Waals surface area (Å²) in [5.74, 6) is -1.34. The summed E-state index contributed by atoms with van der Waals surface area (Å²) in [5, 5.41) is 0. The first-order chi connectivity index (χ1) is 8.86. The maximum Gasteiger partial charge on any atom is 0.395 e. The molecule has 1 aromatic carbocycles. The molecule has 0 amide bonds. The molecule has 0 saturated carbocycles. The molecule has 1 aromatic rings. The molecule has 0 heterocycles. The standard InChI is InChI=1S/C14H12BrF3O/c1-9-2-5-12(8-13(9)14(16,17)18)19-11-6-3-10(15)4-7-11/h2-9,13H,1H3. The highest BCUT2D eigenvalue weighted by Crippen LogP contribution is 2.37. The second kappa shape index (κ2) is 5.41. The minimum atomic E-state index is -4.25. The molecule has 0 aromatic heterocycles. The average molecular weight is 333 g/mol. The van der Waals surface area contributed by atoms with Crippen molar-refractivity contribution in [1.29, 1.82) is 0 Å². The second-order valence-electron chi connectivity index (χ2n) is 4.41. The van der Waals surface area contributed by atoms with Crippen LogP contribution in [0.1, 0.15) is 6.92 Å². The summed E-state index contributed by atoms with van der Waals surface area (Å²) in [6.07, 6.45) is -0.0213. The van der Waals surface area contributed by atoms with Crippen LogP contribution >= 0.6 is 15.9 Å².